The summed E-state index contributed by atoms with van der Waals surface area (Å²) in [7, 11) is 0. The highest BCUT2D eigenvalue weighted by atomic mass is 16.4. The lowest BCUT2D eigenvalue weighted by atomic mass is 9.91. The summed E-state index contributed by atoms with van der Waals surface area (Å²) in [6, 6.07) is 0. The van der Waals surface area contributed by atoms with Gasteiger partial charge in [0.25, 0.3) is 0 Å². The van der Waals surface area contributed by atoms with E-state index in [1.54, 1.807) is 6.92 Å². The molecule has 3 N–H and O–H groups in total. The van der Waals surface area contributed by atoms with Crippen molar-refractivity contribution in [3.63, 3.8) is 0 Å². The molecule has 1 amide bonds. The molecule has 0 aromatic heterocycles. The van der Waals surface area contributed by atoms with Crippen LogP contribution in [-0.2, 0) is 9.59 Å². The van der Waals surface area contributed by atoms with E-state index in [4.69, 9.17) is 10.8 Å². The molecule has 0 fully saturated rings. The van der Waals surface area contributed by atoms with Gasteiger partial charge in [-0.1, -0.05) is 20.3 Å². The van der Waals surface area contributed by atoms with Crippen molar-refractivity contribution >= 4 is 11.9 Å². The van der Waals surface area contributed by atoms with Crippen molar-refractivity contribution in [3.05, 3.63) is 0 Å². The first-order valence-corrected chi connectivity index (χ1v) is 3.52. The van der Waals surface area contributed by atoms with Gasteiger partial charge in [-0.05, 0) is 5.92 Å². The number of primary amides is 1. The average molecular weight is 159 g/mol. The third-order valence-electron chi connectivity index (χ3n) is 1.79. The molecule has 4 nitrogen and oxygen atoms in total. The standard InChI is InChI=1S/C7H13NO3/c1-3-4(2)5(6(8)9)7(10)11/h4-5H,3H2,1-2H3,(H2,8,9)(H,10,11). The molecule has 0 aliphatic rings. The van der Waals surface area contributed by atoms with Gasteiger partial charge in [-0.2, -0.15) is 0 Å². The Morgan fingerprint density at radius 2 is 2.00 bits per heavy atom. The molecule has 0 radical (unpaired) electrons. The molecule has 0 aromatic carbocycles. The molecule has 0 aliphatic heterocycles. The minimum atomic E-state index is -1.13. The molecule has 0 rings (SSSR count). The van der Waals surface area contributed by atoms with E-state index < -0.39 is 17.8 Å². The Hall–Kier alpha value is -1.06. The van der Waals surface area contributed by atoms with E-state index in [0.29, 0.717) is 6.42 Å². The van der Waals surface area contributed by atoms with Gasteiger partial charge < -0.3 is 10.8 Å². The molecule has 0 saturated carbocycles. The SMILES string of the molecule is CCC(C)C(C(N)=O)C(=O)O. The fourth-order valence-electron chi connectivity index (χ4n) is 0.881. The molecule has 0 bridgehead atoms. The van der Waals surface area contributed by atoms with Gasteiger partial charge in [0.05, 0.1) is 0 Å². The minimum Gasteiger partial charge on any atom is -0.481 e. The Kier molecular flexibility index (Phi) is 3.57. The molecule has 2 atom stereocenters. The molecule has 2 unspecified atom stereocenters. The summed E-state index contributed by atoms with van der Waals surface area (Å²) < 4.78 is 0. The highest BCUT2D eigenvalue weighted by Gasteiger charge is 2.28. The number of carboxylic acids is 1. The molecule has 64 valence electrons. The summed E-state index contributed by atoms with van der Waals surface area (Å²) in [5.74, 6) is -3.12. The van der Waals surface area contributed by atoms with Crippen LogP contribution < -0.4 is 5.73 Å². The monoisotopic (exact) mass is 159 g/mol. The van der Waals surface area contributed by atoms with Crippen molar-refractivity contribution in [2.45, 2.75) is 20.3 Å². The third kappa shape index (κ3) is 2.57. The topological polar surface area (TPSA) is 80.4 Å². The fourth-order valence-corrected chi connectivity index (χ4v) is 0.881. The van der Waals surface area contributed by atoms with E-state index in [1.807, 2.05) is 6.92 Å². The number of hydrogen-bond donors (Lipinski definition) is 2. The summed E-state index contributed by atoms with van der Waals surface area (Å²) in [5, 5.41) is 8.54. The molecule has 0 heterocycles. The predicted molar refractivity (Wildman–Crippen MR) is 39.8 cm³/mol. The van der Waals surface area contributed by atoms with Crippen molar-refractivity contribution < 1.29 is 14.7 Å². The number of hydrogen-bond acceptors (Lipinski definition) is 2. The molecule has 4 heteroatoms. The van der Waals surface area contributed by atoms with Gasteiger partial charge in [-0.25, -0.2) is 0 Å². The fraction of sp³-hybridized carbons (Fsp3) is 0.714. The van der Waals surface area contributed by atoms with Crippen molar-refractivity contribution in [2.75, 3.05) is 0 Å². The van der Waals surface area contributed by atoms with Crippen LogP contribution in [0.5, 0.6) is 0 Å². The second kappa shape index (κ2) is 3.95. The van der Waals surface area contributed by atoms with Crippen molar-refractivity contribution in [1.82, 2.24) is 0 Å². The van der Waals surface area contributed by atoms with Crippen LogP contribution in [0.15, 0.2) is 0 Å². The largest absolute Gasteiger partial charge is 0.481 e. The summed E-state index contributed by atoms with van der Waals surface area (Å²) in [6.07, 6.45) is 0.639. The summed E-state index contributed by atoms with van der Waals surface area (Å²) >= 11 is 0. The van der Waals surface area contributed by atoms with Crippen LogP contribution >= 0.6 is 0 Å². The van der Waals surface area contributed by atoms with Gasteiger partial charge in [0.1, 0.15) is 5.92 Å². The van der Waals surface area contributed by atoms with Crippen LogP contribution in [0.2, 0.25) is 0 Å². The maximum atomic E-state index is 10.6. The van der Waals surface area contributed by atoms with E-state index in [-0.39, 0.29) is 5.92 Å². The molecular weight excluding hydrogens is 146 g/mol. The number of nitrogens with two attached hydrogens (primary N) is 1. The van der Waals surface area contributed by atoms with Gasteiger partial charge >= 0.3 is 5.97 Å². The van der Waals surface area contributed by atoms with Crippen LogP contribution in [0.4, 0.5) is 0 Å². The van der Waals surface area contributed by atoms with E-state index in [1.165, 1.54) is 0 Å². The zero-order valence-electron chi connectivity index (χ0n) is 6.70. The van der Waals surface area contributed by atoms with Crippen LogP contribution in [0, 0.1) is 11.8 Å². The Morgan fingerprint density at radius 1 is 1.55 bits per heavy atom. The van der Waals surface area contributed by atoms with Gasteiger partial charge in [-0.15, -0.1) is 0 Å². The lowest BCUT2D eigenvalue weighted by Gasteiger charge is -2.14. The first-order chi connectivity index (χ1) is 5.00. The highest BCUT2D eigenvalue weighted by molar-refractivity contribution is 5.96. The maximum Gasteiger partial charge on any atom is 0.316 e. The number of amides is 1. The summed E-state index contributed by atoms with van der Waals surface area (Å²) in [6.45, 7) is 3.52. The van der Waals surface area contributed by atoms with Gasteiger partial charge in [-0.3, -0.25) is 9.59 Å². The van der Waals surface area contributed by atoms with Crippen LogP contribution in [-0.4, -0.2) is 17.0 Å². The summed E-state index contributed by atoms with van der Waals surface area (Å²) in [4.78, 5) is 21.0. The number of carbonyl (C=O) groups excluding carboxylic acids is 1. The Labute approximate surface area is 65.4 Å². The number of aliphatic carboxylic acids is 1. The molecule has 0 aromatic rings. The van der Waals surface area contributed by atoms with Crippen molar-refractivity contribution in [1.29, 1.82) is 0 Å². The first-order valence-electron chi connectivity index (χ1n) is 3.52. The Balaban J connectivity index is 4.34. The Bertz CT molecular complexity index is 153. The predicted octanol–water partition coefficient (Wildman–Crippen LogP) is 0.219. The zero-order valence-corrected chi connectivity index (χ0v) is 6.70. The average Bonchev–Trinajstić information content (AvgIpc) is 1.85. The quantitative estimate of drug-likeness (QED) is 0.576. The lowest BCUT2D eigenvalue weighted by molar-refractivity contribution is -0.148. The normalized spacial score (nSPS) is 15.5. The third-order valence-corrected chi connectivity index (χ3v) is 1.79. The number of rotatable bonds is 4. The molecular formula is C7H13NO3. The zero-order chi connectivity index (χ0) is 9.02. The minimum absolute atomic E-state index is 0.190. The van der Waals surface area contributed by atoms with E-state index in [0.717, 1.165) is 0 Å². The second-order valence-corrected chi connectivity index (χ2v) is 2.60. The van der Waals surface area contributed by atoms with Crippen LogP contribution in [0.25, 0.3) is 0 Å². The van der Waals surface area contributed by atoms with Crippen molar-refractivity contribution in [2.24, 2.45) is 17.6 Å². The second-order valence-electron chi connectivity index (χ2n) is 2.60. The number of carboxylic acid groups (broad SMARTS) is 1. The van der Waals surface area contributed by atoms with Gasteiger partial charge in [0.15, 0.2) is 0 Å². The molecule has 0 saturated heterocycles. The maximum absolute atomic E-state index is 10.6. The summed E-state index contributed by atoms with van der Waals surface area (Å²) in [5.41, 5.74) is 4.89. The molecule has 0 aliphatic carbocycles. The van der Waals surface area contributed by atoms with E-state index in [2.05, 4.69) is 0 Å². The van der Waals surface area contributed by atoms with Gasteiger partial charge in [0.2, 0.25) is 5.91 Å². The smallest absolute Gasteiger partial charge is 0.316 e. The lowest BCUT2D eigenvalue weighted by Crippen LogP contribution is -2.34. The van der Waals surface area contributed by atoms with Crippen LogP contribution in [0.1, 0.15) is 20.3 Å². The molecule has 11 heavy (non-hydrogen) atoms. The highest BCUT2D eigenvalue weighted by Crippen LogP contribution is 2.14. The van der Waals surface area contributed by atoms with E-state index in [9.17, 15) is 9.59 Å². The first kappa shape index (κ1) is 9.94. The molecule has 0 spiro atoms. The Morgan fingerprint density at radius 3 is 2.09 bits per heavy atom. The van der Waals surface area contributed by atoms with Crippen LogP contribution in [0.3, 0.4) is 0 Å². The van der Waals surface area contributed by atoms with Crippen molar-refractivity contribution in [3.8, 4) is 0 Å². The van der Waals surface area contributed by atoms with Gasteiger partial charge in [0, 0.05) is 0 Å². The van der Waals surface area contributed by atoms with E-state index >= 15 is 0 Å². The number of carbonyl (C=O) groups is 2.